The summed E-state index contributed by atoms with van der Waals surface area (Å²) < 4.78 is 6.01. The van der Waals surface area contributed by atoms with Gasteiger partial charge in [0.2, 0.25) is 0 Å². The maximum absolute atomic E-state index is 5.74. The zero-order chi connectivity index (χ0) is 8.43. The number of methoxy groups -OCH3 is 1. The summed E-state index contributed by atoms with van der Waals surface area (Å²) in [5.41, 5.74) is 7.70. The van der Waals surface area contributed by atoms with Crippen LogP contribution in [-0.2, 0) is 11.3 Å². The van der Waals surface area contributed by atoms with Crippen molar-refractivity contribution in [1.82, 2.24) is 0 Å². The van der Waals surface area contributed by atoms with Gasteiger partial charge in [-0.3, -0.25) is 0 Å². The van der Waals surface area contributed by atoms with E-state index < -0.39 is 0 Å². The average Bonchev–Trinajstić information content (AvgIpc) is 2.19. The van der Waals surface area contributed by atoms with Crippen LogP contribution >= 0.6 is 27.3 Å². The van der Waals surface area contributed by atoms with Gasteiger partial charge in [0.25, 0.3) is 0 Å². The maximum atomic E-state index is 5.74. The van der Waals surface area contributed by atoms with Crippen LogP contribution in [0.15, 0.2) is 3.79 Å². The third-order valence-electron chi connectivity index (χ3n) is 1.52. The Labute approximate surface area is 78.5 Å². The molecule has 0 bridgehead atoms. The standard InChI is InChI=1S/C7H10BrNOS/c1-4-5(3-10-2)11-7(8)6(4)9/h3,9H2,1-2H3. The van der Waals surface area contributed by atoms with Gasteiger partial charge in [-0.1, -0.05) is 0 Å². The second-order valence-corrected chi connectivity index (χ2v) is 4.69. The van der Waals surface area contributed by atoms with Crippen molar-refractivity contribution >= 4 is 33.0 Å². The fraction of sp³-hybridized carbons (Fsp3) is 0.429. The Hall–Kier alpha value is -0.0600. The summed E-state index contributed by atoms with van der Waals surface area (Å²) in [6.07, 6.45) is 0. The minimum absolute atomic E-state index is 0.645. The molecule has 62 valence electrons. The molecule has 1 rings (SSSR count). The number of nitrogens with two attached hydrogens (primary N) is 1. The smallest absolute Gasteiger partial charge is 0.0934 e. The number of hydrogen-bond acceptors (Lipinski definition) is 3. The number of rotatable bonds is 2. The fourth-order valence-electron chi connectivity index (χ4n) is 0.806. The Kier molecular flexibility index (Phi) is 2.92. The Balaban J connectivity index is 2.98. The van der Waals surface area contributed by atoms with Crippen LogP contribution in [0.3, 0.4) is 0 Å². The molecule has 1 aromatic heterocycles. The topological polar surface area (TPSA) is 35.2 Å². The first-order valence-corrected chi connectivity index (χ1v) is 4.80. The molecule has 0 amide bonds. The molecule has 0 saturated heterocycles. The molecular weight excluding hydrogens is 226 g/mol. The van der Waals surface area contributed by atoms with Gasteiger partial charge in [0.05, 0.1) is 16.1 Å². The zero-order valence-electron chi connectivity index (χ0n) is 6.48. The highest BCUT2D eigenvalue weighted by molar-refractivity contribution is 9.11. The van der Waals surface area contributed by atoms with Gasteiger partial charge < -0.3 is 10.5 Å². The van der Waals surface area contributed by atoms with Crippen molar-refractivity contribution in [2.75, 3.05) is 12.8 Å². The molecule has 2 nitrogen and oxygen atoms in total. The number of nitrogen functional groups attached to an aromatic ring is 1. The molecule has 0 fully saturated rings. The third kappa shape index (κ3) is 1.75. The van der Waals surface area contributed by atoms with Crippen LogP contribution in [-0.4, -0.2) is 7.11 Å². The molecule has 1 aromatic rings. The van der Waals surface area contributed by atoms with Crippen LogP contribution in [0.25, 0.3) is 0 Å². The first kappa shape index (κ1) is 9.03. The number of hydrogen-bond donors (Lipinski definition) is 1. The molecule has 0 aliphatic carbocycles. The third-order valence-corrected chi connectivity index (χ3v) is 3.50. The van der Waals surface area contributed by atoms with Gasteiger partial charge in [-0.15, -0.1) is 11.3 Å². The second kappa shape index (κ2) is 3.56. The Bertz CT molecular complexity index is 259. The largest absolute Gasteiger partial charge is 0.397 e. The van der Waals surface area contributed by atoms with E-state index in [2.05, 4.69) is 15.9 Å². The van der Waals surface area contributed by atoms with Crippen molar-refractivity contribution in [1.29, 1.82) is 0 Å². The molecule has 0 aromatic carbocycles. The summed E-state index contributed by atoms with van der Waals surface area (Å²) in [5.74, 6) is 0. The summed E-state index contributed by atoms with van der Waals surface area (Å²) in [6, 6.07) is 0. The second-order valence-electron chi connectivity index (χ2n) is 2.27. The van der Waals surface area contributed by atoms with Crippen LogP contribution in [0.5, 0.6) is 0 Å². The maximum Gasteiger partial charge on any atom is 0.0934 e. The van der Waals surface area contributed by atoms with Gasteiger partial charge in [0, 0.05) is 12.0 Å². The van der Waals surface area contributed by atoms with Gasteiger partial charge in [0.15, 0.2) is 0 Å². The molecule has 2 N–H and O–H groups in total. The summed E-state index contributed by atoms with van der Waals surface area (Å²) in [7, 11) is 1.68. The minimum Gasteiger partial charge on any atom is -0.397 e. The van der Waals surface area contributed by atoms with Crippen LogP contribution < -0.4 is 5.73 Å². The lowest BCUT2D eigenvalue weighted by atomic mass is 10.2. The van der Waals surface area contributed by atoms with Crippen molar-refractivity contribution in [2.45, 2.75) is 13.5 Å². The van der Waals surface area contributed by atoms with E-state index in [1.54, 1.807) is 18.4 Å². The molecule has 0 aliphatic rings. The Morgan fingerprint density at radius 2 is 2.27 bits per heavy atom. The summed E-state index contributed by atoms with van der Waals surface area (Å²) >= 11 is 5.01. The van der Waals surface area contributed by atoms with Gasteiger partial charge in [-0.2, -0.15) is 0 Å². The van der Waals surface area contributed by atoms with Gasteiger partial charge in [-0.25, -0.2) is 0 Å². The first-order chi connectivity index (χ1) is 5.16. The molecule has 1 heterocycles. The lowest BCUT2D eigenvalue weighted by Crippen LogP contribution is -1.89. The highest BCUT2D eigenvalue weighted by Crippen LogP contribution is 2.34. The number of ether oxygens (including phenoxy) is 1. The molecule has 0 atom stereocenters. The summed E-state index contributed by atoms with van der Waals surface area (Å²) in [5, 5.41) is 0. The molecule has 0 spiro atoms. The number of thiophene rings is 1. The van der Waals surface area contributed by atoms with Crippen LogP contribution in [0.4, 0.5) is 5.69 Å². The number of halogens is 1. The molecule has 0 radical (unpaired) electrons. The monoisotopic (exact) mass is 235 g/mol. The quantitative estimate of drug-likeness (QED) is 0.856. The highest BCUT2D eigenvalue weighted by atomic mass is 79.9. The van der Waals surface area contributed by atoms with Crippen molar-refractivity contribution in [3.8, 4) is 0 Å². The predicted molar refractivity (Wildman–Crippen MR) is 51.9 cm³/mol. The number of anilines is 1. The predicted octanol–water partition coefficient (Wildman–Crippen LogP) is 2.55. The first-order valence-electron chi connectivity index (χ1n) is 3.19. The van der Waals surface area contributed by atoms with Crippen molar-refractivity contribution in [3.63, 3.8) is 0 Å². The van der Waals surface area contributed by atoms with E-state index in [9.17, 15) is 0 Å². The SMILES string of the molecule is COCc1sc(Br)c(N)c1C. The lowest BCUT2D eigenvalue weighted by molar-refractivity contribution is 0.187. The fourth-order valence-corrected chi connectivity index (χ4v) is 2.61. The molecular formula is C7H10BrNOS. The van der Waals surface area contributed by atoms with Crippen molar-refractivity contribution in [3.05, 3.63) is 14.2 Å². The van der Waals surface area contributed by atoms with Crippen molar-refractivity contribution in [2.24, 2.45) is 0 Å². The lowest BCUT2D eigenvalue weighted by Gasteiger charge is -1.95. The van der Waals surface area contributed by atoms with Crippen LogP contribution in [0.1, 0.15) is 10.4 Å². The molecule has 0 unspecified atom stereocenters. The molecule has 4 heteroatoms. The van der Waals surface area contributed by atoms with E-state index in [4.69, 9.17) is 10.5 Å². The van der Waals surface area contributed by atoms with Crippen LogP contribution in [0.2, 0.25) is 0 Å². The summed E-state index contributed by atoms with van der Waals surface area (Å²) in [4.78, 5) is 1.19. The molecule has 0 aliphatic heterocycles. The normalized spacial score (nSPS) is 10.5. The average molecular weight is 236 g/mol. The summed E-state index contributed by atoms with van der Waals surface area (Å²) in [6.45, 7) is 2.65. The van der Waals surface area contributed by atoms with E-state index in [-0.39, 0.29) is 0 Å². The van der Waals surface area contributed by atoms with Gasteiger partial charge in [0.1, 0.15) is 0 Å². The minimum atomic E-state index is 0.645. The van der Waals surface area contributed by atoms with E-state index in [1.165, 1.54) is 4.88 Å². The Morgan fingerprint density at radius 1 is 1.64 bits per heavy atom. The van der Waals surface area contributed by atoms with E-state index >= 15 is 0 Å². The highest BCUT2D eigenvalue weighted by Gasteiger charge is 2.08. The van der Waals surface area contributed by atoms with E-state index in [0.29, 0.717) is 6.61 Å². The van der Waals surface area contributed by atoms with Gasteiger partial charge >= 0.3 is 0 Å². The van der Waals surface area contributed by atoms with Crippen molar-refractivity contribution < 1.29 is 4.74 Å². The molecule has 0 saturated carbocycles. The van der Waals surface area contributed by atoms with E-state index in [0.717, 1.165) is 15.0 Å². The Morgan fingerprint density at radius 3 is 2.64 bits per heavy atom. The van der Waals surface area contributed by atoms with Crippen LogP contribution in [0, 0.1) is 6.92 Å². The zero-order valence-corrected chi connectivity index (χ0v) is 8.88. The van der Waals surface area contributed by atoms with E-state index in [1.807, 2.05) is 6.92 Å². The van der Waals surface area contributed by atoms with Gasteiger partial charge in [-0.05, 0) is 28.4 Å². The molecule has 11 heavy (non-hydrogen) atoms.